The highest BCUT2D eigenvalue weighted by molar-refractivity contribution is 7.99. The van der Waals surface area contributed by atoms with Gasteiger partial charge in [-0.15, -0.1) is 0 Å². The van der Waals surface area contributed by atoms with Crippen LogP contribution in [0, 0.1) is 11.8 Å². The van der Waals surface area contributed by atoms with Gasteiger partial charge in [-0.05, 0) is 42.7 Å². The molecule has 7 heteroatoms. The quantitative estimate of drug-likeness (QED) is 0.824. The number of fused-ring (bicyclic) bond motifs is 3. The molecule has 138 valence electrons. The summed E-state index contributed by atoms with van der Waals surface area (Å²) in [4.78, 5) is 17.3. The highest BCUT2D eigenvalue weighted by atomic mass is 32.2. The molecule has 1 unspecified atom stereocenters. The largest absolute Gasteiger partial charge is 0.336 e. The van der Waals surface area contributed by atoms with E-state index >= 15 is 0 Å². The Bertz CT molecular complexity index is 561. The smallest absolute Gasteiger partial charge is 0.319 e. The molecule has 0 aromatic carbocycles. The number of carbonyl (C=O) groups excluding carboxylic acids is 1. The molecule has 5 rings (SSSR count). The van der Waals surface area contributed by atoms with Crippen LogP contribution in [0.25, 0.3) is 0 Å². The minimum atomic E-state index is -0.0802. The molecule has 4 aliphatic rings. The van der Waals surface area contributed by atoms with Crippen molar-refractivity contribution in [2.24, 2.45) is 11.8 Å². The maximum absolute atomic E-state index is 12.0. The summed E-state index contributed by atoms with van der Waals surface area (Å²) >= 11 is 3.69. The fraction of sp³-hybridized carbons (Fsp3) is 0.722. The van der Waals surface area contributed by atoms with Gasteiger partial charge < -0.3 is 15.5 Å². The van der Waals surface area contributed by atoms with E-state index in [4.69, 9.17) is 0 Å². The molecule has 4 fully saturated rings. The standard InChI is InChI=1S/C18H28N4OS2/c23-18(20-16-2-6-25-13-16)19-10-17-9-14-1-3-22(17)12-15(14)11-21-4-7-24-8-5-21/h2,6,13-15,17H,1,3-5,7-12H2,(H2,19,20,23)/t14-,15+,17+/m1/s1. The van der Waals surface area contributed by atoms with E-state index in [0.29, 0.717) is 6.04 Å². The van der Waals surface area contributed by atoms with E-state index in [1.54, 1.807) is 11.3 Å². The van der Waals surface area contributed by atoms with Gasteiger partial charge in [0.2, 0.25) is 0 Å². The Balaban J connectivity index is 1.23. The van der Waals surface area contributed by atoms with Gasteiger partial charge >= 0.3 is 6.03 Å². The molecule has 0 aliphatic carbocycles. The summed E-state index contributed by atoms with van der Waals surface area (Å²) in [5.74, 6) is 4.26. The fourth-order valence-corrected chi connectivity index (χ4v) is 6.07. The van der Waals surface area contributed by atoms with E-state index in [2.05, 4.69) is 32.2 Å². The molecule has 4 aliphatic heterocycles. The van der Waals surface area contributed by atoms with Crippen molar-refractivity contribution in [3.8, 4) is 0 Å². The summed E-state index contributed by atoms with van der Waals surface area (Å²) in [6, 6.07) is 2.36. The van der Waals surface area contributed by atoms with Crippen LogP contribution in [0.1, 0.15) is 12.8 Å². The molecular formula is C18H28N4OS2. The zero-order chi connectivity index (χ0) is 17.1. The number of thioether (sulfide) groups is 1. The van der Waals surface area contributed by atoms with E-state index in [-0.39, 0.29) is 6.03 Å². The number of nitrogens with one attached hydrogen (secondary N) is 2. The number of carbonyl (C=O) groups is 1. The molecule has 0 radical (unpaired) electrons. The van der Waals surface area contributed by atoms with E-state index in [9.17, 15) is 4.79 Å². The lowest BCUT2D eigenvalue weighted by atomic mass is 9.75. The second kappa shape index (κ2) is 8.29. The molecule has 5 heterocycles. The van der Waals surface area contributed by atoms with Crippen molar-refractivity contribution < 1.29 is 4.79 Å². The minimum Gasteiger partial charge on any atom is -0.336 e. The van der Waals surface area contributed by atoms with E-state index < -0.39 is 0 Å². The topological polar surface area (TPSA) is 47.6 Å². The number of hydrogen-bond acceptors (Lipinski definition) is 5. The van der Waals surface area contributed by atoms with Crippen LogP contribution >= 0.6 is 23.1 Å². The first-order chi connectivity index (χ1) is 12.3. The number of hydrogen-bond donors (Lipinski definition) is 2. The summed E-state index contributed by atoms with van der Waals surface area (Å²) in [7, 11) is 0. The first-order valence-corrected chi connectivity index (χ1v) is 11.5. The molecule has 25 heavy (non-hydrogen) atoms. The maximum Gasteiger partial charge on any atom is 0.319 e. The van der Waals surface area contributed by atoms with Crippen LogP contribution in [0.4, 0.5) is 10.5 Å². The van der Waals surface area contributed by atoms with E-state index in [0.717, 1.165) is 24.1 Å². The van der Waals surface area contributed by atoms with Crippen LogP contribution in [0.2, 0.25) is 0 Å². The van der Waals surface area contributed by atoms with Gasteiger partial charge in [-0.1, -0.05) is 0 Å². The van der Waals surface area contributed by atoms with Gasteiger partial charge in [0.25, 0.3) is 0 Å². The van der Waals surface area contributed by atoms with E-state index in [1.807, 2.05) is 16.8 Å². The molecule has 5 nitrogen and oxygen atoms in total. The molecule has 1 aromatic heterocycles. The highest BCUT2D eigenvalue weighted by Crippen LogP contribution is 2.36. The number of amides is 2. The van der Waals surface area contributed by atoms with Crippen molar-refractivity contribution in [1.82, 2.24) is 15.1 Å². The van der Waals surface area contributed by atoms with Crippen molar-refractivity contribution >= 4 is 34.8 Å². The first kappa shape index (κ1) is 17.6. The fourth-order valence-electron chi connectivity index (χ4n) is 4.51. The van der Waals surface area contributed by atoms with Crippen LogP contribution in [-0.4, -0.2) is 72.6 Å². The van der Waals surface area contributed by atoms with Crippen molar-refractivity contribution in [3.05, 3.63) is 16.8 Å². The molecule has 0 saturated carbocycles. The van der Waals surface area contributed by atoms with Gasteiger partial charge in [0.05, 0.1) is 5.69 Å². The molecule has 2 bridgehead atoms. The summed E-state index contributed by atoms with van der Waals surface area (Å²) in [6.45, 7) is 6.99. The molecule has 0 spiro atoms. The van der Waals surface area contributed by atoms with Crippen molar-refractivity contribution in [2.75, 3.05) is 56.1 Å². The third kappa shape index (κ3) is 4.51. The zero-order valence-corrected chi connectivity index (χ0v) is 16.3. The Labute approximate surface area is 158 Å². The highest BCUT2D eigenvalue weighted by Gasteiger charge is 2.40. The SMILES string of the molecule is O=C(NC[C@@H]1C[C@H]2CCN1C[C@@H]2CN1CCSCC1)Nc1ccsc1. The molecule has 4 atom stereocenters. The van der Waals surface area contributed by atoms with Crippen LogP contribution in [-0.2, 0) is 0 Å². The van der Waals surface area contributed by atoms with Gasteiger partial charge in [-0.2, -0.15) is 23.1 Å². The van der Waals surface area contributed by atoms with Gasteiger partial charge in [0, 0.05) is 55.7 Å². The number of nitrogens with zero attached hydrogens (tertiary/aromatic N) is 2. The lowest BCUT2D eigenvalue weighted by Crippen LogP contribution is -2.59. The summed E-state index contributed by atoms with van der Waals surface area (Å²) in [5.41, 5.74) is 0.882. The third-order valence-electron chi connectivity index (χ3n) is 5.89. The lowest BCUT2D eigenvalue weighted by Gasteiger charge is -2.51. The Morgan fingerprint density at radius 1 is 1.28 bits per heavy atom. The summed E-state index contributed by atoms with van der Waals surface area (Å²) in [5, 5.41) is 9.90. The molecule has 2 N–H and O–H groups in total. The van der Waals surface area contributed by atoms with Gasteiger partial charge in [-0.25, -0.2) is 4.79 Å². The predicted octanol–water partition coefficient (Wildman–Crippen LogP) is 2.63. The van der Waals surface area contributed by atoms with Crippen LogP contribution < -0.4 is 10.6 Å². The minimum absolute atomic E-state index is 0.0802. The van der Waals surface area contributed by atoms with Crippen LogP contribution in [0.15, 0.2) is 16.8 Å². The second-order valence-electron chi connectivity index (χ2n) is 7.45. The summed E-state index contributed by atoms with van der Waals surface area (Å²) in [6.07, 6.45) is 2.58. The van der Waals surface area contributed by atoms with Crippen molar-refractivity contribution in [1.29, 1.82) is 0 Å². The van der Waals surface area contributed by atoms with Crippen LogP contribution in [0.5, 0.6) is 0 Å². The Morgan fingerprint density at radius 2 is 2.16 bits per heavy atom. The van der Waals surface area contributed by atoms with Gasteiger partial charge in [0.15, 0.2) is 0 Å². The number of rotatable bonds is 5. The molecule has 2 amide bonds. The first-order valence-electron chi connectivity index (χ1n) is 9.39. The number of urea groups is 1. The predicted molar refractivity (Wildman–Crippen MR) is 107 cm³/mol. The third-order valence-corrected chi connectivity index (χ3v) is 7.51. The zero-order valence-electron chi connectivity index (χ0n) is 14.7. The lowest BCUT2D eigenvalue weighted by molar-refractivity contribution is -0.00980. The van der Waals surface area contributed by atoms with Crippen LogP contribution in [0.3, 0.4) is 0 Å². The molecule has 1 aromatic rings. The normalized spacial score (nSPS) is 32.5. The van der Waals surface area contributed by atoms with Gasteiger partial charge in [-0.3, -0.25) is 4.90 Å². The number of thiophene rings is 1. The number of piperidine rings is 3. The van der Waals surface area contributed by atoms with Crippen molar-refractivity contribution in [2.45, 2.75) is 18.9 Å². The molecule has 4 saturated heterocycles. The second-order valence-corrected chi connectivity index (χ2v) is 9.46. The Morgan fingerprint density at radius 3 is 2.88 bits per heavy atom. The van der Waals surface area contributed by atoms with E-state index in [1.165, 1.54) is 57.1 Å². The number of anilines is 1. The Kier molecular flexibility index (Phi) is 5.85. The maximum atomic E-state index is 12.0. The monoisotopic (exact) mass is 380 g/mol. The average Bonchev–Trinajstić information content (AvgIpc) is 3.15. The Hall–Kier alpha value is -0.760. The molecular weight excluding hydrogens is 352 g/mol. The van der Waals surface area contributed by atoms with Crippen molar-refractivity contribution in [3.63, 3.8) is 0 Å². The average molecular weight is 381 g/mol. The summed E-state index contributed by atoms with van der Waals surface area (Å²) < 4.78 is 0. The van der Waals surface area contributed by atoms with Gasteiger partial charge in [0.1, 0.15) is 0 Å².